The topological polar surface area (TPSA) is 46.3 Å². The van der Waals surface area contributed by atoms with Crippen molar-refractivity contribution in [2.75, 3.05) is 13.1 Å². The predicted molar refractivity (Wildman–Crippen MR) is 83.9 cm³/mol. The van der Waals surface area contributed by atoms with Crippen molar-refractivity contribution in [2.45, 2.75) is 24.8 Å². The molecule has 2 aromatic carbocycles. The summed E-state index contributed by atoms with van der Waals surface area (Å²) in [4.78, 5) is 14.4. The number of likely N-dealkylation sites (tertiary alicyclic amines) is 1. The number of nitrogens with zero attached hydrogens (tertiary/aromatic N) is 1. The fourth-order valence-electron chi connectivity index (χ4n) is 3.48. The maximum Gasteiger partial charge on any atom is 0.227 e. The quantitative estimate of drug-likeness (QED) is 0.938. The van der Waals surface area contributed by atoms with Crippen LogP contribution >= 0.6 is 0 Å². The summed E-state index contributed by atoms with van der Waals surface area (Å²) in [5.41, 5.74) is 7.35. The summed E-state index contributed by atoms with van der Waals surface area (Å²) in [7, 11) is 0. The minimum Gasteiger partial charge on any atom is -0.339 e. The number of benzene rings is 2. The molecule has 2 fully saturated rings. The molecule has 2 aromatic rings. The van der Waals surface area contributed by atoms with E-state index in [9.17, 15) is 4.79 Å². The van der Waals surface area contributed by atoms with Gasteiger partial charge in [-0.15, -0.1) is 0 Å². The van der Waals surface area contributed by atoms with Crippen molar-refractivity contribution in [1.82, 2.24) is 4.90 Å². The number of amides is 1. The van der Waals surface area contributed by atoms with Crippen molar-refractivity contribution in [1.29, 1.82) is 0 Å². The third-order valence-electron chi connectivity index (χ3n) is 4.94. The van der Waals surface area contributed by atoms with E-state index in [4.69, 9.17) is 5.73 Å². The molecule has 2 N–H and O–H groups in total. The van der Waals surface area contributed by atoms with Gasteiger partial charge in [-0.05, 0) is 35.1 Å². The second kappa shape index (κ2) is 4.57. The van der Waals surface area contributed by atoms with Crippen molar-refractivity contribution in [2.24, 2.45) is 11.7 Å². The molecule has 1 aliphatic carbocycles. The van der Waals surface area contributed by atoms with Crippen molar-refractivity contribution in [3.63, 3.8) is 0 Å². The third kappa shape index (κ3) is 2.22. The zero-order valence-electron chi connectivity index (χ0n) is 12.1. The van der Waals surface area contributed by atoms with E-state index in [0.717, 1.165) is 18.7 Å². The maximum absolute atomic E-state index is 12.4. The highest BCUT2D eigenvalue weighted by Gasteiger charge is 2.51. The van der Waals surface area contributed by atoms with Gasteiger partial charge in [0.15, 0.2) is 0 Å². The van der Waals surface area contributed by atoms with Crippen LogP contribution in [0.25, 0.3) is 10.8 Å². The van der Waals surface area contributed by atoms with E-state index in [1.54, 1.807) is 0 Å². The van der Waals surface area contributed by atoms with Crippen molar-refractivity contribution in [3.8, 4) is 0 Å². The Kier molecular flexibility index (Phi) is 2.79. The predicted octanol–water partition coefficient (Wildman–Crippen LogP) is 2.33. The lowest BCUT2D eigenvalue weighted by molar-refractivity contribution is -0.138. The Morgan fingerprint density at radius 2 is 1.86 bits per heavy atom. The van der Waals surface area contributed by atoms with Gasteiger partial charge in [-0.2, -0.15) is 0 Å². The van der Waals surface area contributed by atoms with Gasteiger partial charge in [-0.1, -0.05) is 42.5 Å². The number of carbonyl (C=O) groups excluding carboxylic acids is 1. The lowest BCUT2D eigenvalue weighted by atomic mass is 9.85. The van der Waals surface area contributed by atoms with Crippen molar-refractivity contribution >= 4 is 16.7 Å². The van der Waals surface area contributed by atoms with Crippen LogP contribution in [0, 0.1) is 5.92 Å². The average molecular weight is 280 g/mol. The van der Waals surface area contributed by atoms with E-state index < -0.39 is 0 Å². The normalized spacial score (nSPS) is 20.3. The van der Waals surface area contributed by atoms with Crippen LogP contribution in [0.4, 0.5) is 0 Å². The molecule has 21 heavy (non-hydrogen) atoms. The Morgan fingerprint density at radius 1 is 1.14 bits per heavy atom. The minimum atomic E-state index is -0.0889. The summed E-state index contributed by atoms with van der Waals surface area (Å²) in [5, 5.41) is 2.37. The van der Waals surface area contributed by atoms with Crippen LogP contribution in [0.3, 0.4) is 0 Å². The van der Waals surface area contributed by atoms with Crippen LogP contribution in [0.1, 0.15) is 18.4 Å². The van der Waals surface area contributed by atoms with Crippen LogP contribution in [0.5, 0.6) is 0 Å². The van der Waals surface area contributed by atoms with Crippen molar-refractivity contribution < 1.29 is 4.79 Å². The number of carbonyl (C=O) groups is 1. The lowest BCUT2D eigenvalue weighted by Crippen LogP contribution is -2.70. The van der Waals surface area contributed by atoms with Crippen molar-refractivity contribution in [3.05, 3.63) is 48.0 Å². The molecule has 3 nitrogen and oxygen atoms in total. The average Bonchev–Trinajstić information content (AvgIpc) is 3.29. The Balaban J connectivity index is 1.49. The Hall–Kier alpha value is -1.87. The first-order valence-corrected chi connectivity index (χ1v) is 7.69. The van der Waals surface area contributed by atoms with Gasteiger partial charge in [0.25, 0.3) is 0 Å². The van der Waals surface area contributed by atoms with Gasteiger partial charge in [0.2, 0.25) is 5.91 Å². The second-order valence-corrected chi connectivity index (χ2v) is 6.57. The van der Waals surface area contributed by atoms with Gasteiger partial charge in [-0.25, -0.2) is 0 Å². The maximum atomic E-state index is 12.4. The van der Waals surface area contributed by atoms with Crippen LogP contribution in [-0.4, -0.2) is 29.4 Å². The molecule has 3 heteroatoms. The molecule has 0 aromatic heterocycles. The molecule has 0 bridgehead atoms. The molecular weight excluding hydrogens is 260 g/mol. The van der Waals surface area contributed by atoms with E-state index in [1.807, 2.05) is 23.1 Å². The standard InChI is InChI=1S/C18H20N2O/c19-18(15-8-9-15)11-20(12-18)17(21)10-14-6-3-5-13-4-1-2-7-16(13)14/h1-7,15H,8-12,19H2. The molecule has 1 heterocycles. The van der Waals surface area contributed by atoms with Crippen LogP contribution in [-0.2, 0) is 11.2 Å². The fourth-order valence-corrected chi connectivity index (χ4v) is 3.48. The number of fused-ring (bicyclic) bond motifs is 1. The molecule has 1 amide bonds. The summed E-state index contributed by atoms with van der Waals surface area (Å²) in [6.45, 7) is 1.47. The molecule has 1 saturated heterocycles. The molecular formula is C18H20N2O. The molecule has 1 aliphatic heterocycles. The number of hydrogen-bond donors (Lipinski definition) is 1. The zero-order valence-corrected chi connectivity index (χ0v) is 12.1. The summed E-state index contributed by atoms with van der Waals surface area (Å²) in [6.07, 6.45) is 2.95. The highest BCUT2D eigenvalue weighted by atomic mass is 16.2. The number of nitrogens with two attached hydrogens (primary N) is 1. The van der Waals surface area contributed by atoms with Gasteiger partial charge in [0.05, 0.1) is 12.0 Å². The lowest BCUT2D eigenvalue weighted by Gasteiger charge is -2.48. The van der Waals surface area contributed by atoms with Gasteiger partial charge in [0, 0.05) is 13.1 Å². The molecule has 2 aliphatic rings. The first kappa shape index (κ1) is 12.8. The van der Waals surface area contributed by atoms with Crippen LogP contribution < -0.4 is 5.73 Å². The van der Waals surface area contributed by atoms with E-state index in [-0.39, 0.29) is 11.4 Å². The van der Waals surface area contributed by atoms with E-state index in [2.05, 4.69) is 24.3 Å². The SMILES string of the molecule is NC1(C2CC2)CN(C(=O)Cc2cccc3ccccc23)C1. The highest BCUT2D eigenvalue weighted by molar-refractivity contribution is 5.90. The fraction of sp³-hybridized carbons (Fsp3) is 0.389. The molecule has 0 radical (unpaired) electrons. The summed E-state index contributed by atoms with van der Waals surface area (Å²) < 4.78 is 0. The molecule has 4 rings (SSSR count). The zero-order chi connectivity index (χ0) is 14.4. The van der Waals surface area contributed by atoms with Gasteiger partial charge in [-0.3, -0.25) is 4.79 Å². The molecule has 0 unspecified atom stereocenters. The summed E-state index contributed by atoms with van der Waals surface area (Å²) in [5.74, 6) is 0.854. The summed E-state index contributed by atoms with van der Waals surface area (Å²) in [6, 6.07) is 14.4. The molecule has 1 saturated carbocycles. The van der Waals surface area contributed by atoms with E-state index >= 15 is 0 Å². The first-order valence-electron chi connectivity index (χ1n) is 7.69. The Morgan fingerprint density at radius 3 is 2.62 bits per heavy atom. The van der Waals surface area contributed by atoms with Crippen LogP contribution in [0.15, 0.2) is 42.5 Å². The first-order chi connectivity index (χ1) is 10.2. The van der Waals surface area contributed by atoms with E-state index in [0.29, 0.717) is 12.3 Å². The highest BCUT2D eigenvalue weighted by Crippen LogP contribution is 2.43. The molecule has 0 spiro atoms. The summed E-state index contributed by atoms with van der Waals surface area (Å²) >= 11 is 0. The van der Waals surface area contributed by atoms with Gasteiger partial charge in [0.1, 0.15) is 0 Å². The number of rotatable bonds is 3. The molecule has 0 atom stereocenters. The largest absolute Gasteiger partial charge is 0.339 e. The number of hydrogen-bond acceptors (Lipinski definition) is 2. The van der Waals surface area contributed by atoms with Crippen LogP contribution in [0.2, 0.25) is 0 Å². The Bertz CT molecular complexity index is 694. The third-order valence-corrected chi connectivity index (χ3v) is 4.94. The van der Waals surface area contributed by atoms with Gasteiger partial charge < -0.3 is 10.6 Å². The van der Waals surface area contributed by atoms with Gasteiger partial charge >= 0.3 is 0 Å². The Labute approximate surface area is 124 Å². The molecule has 108 valence electrons. The van der Waals surface area contributed by atoms with E-state index in [1.165, 1.54) is 23.6 Å². The minimum absolute atomic E-state index is 0.0889. The second-order valence-electron chi connectivity index (χ2n) is 6.57. The smallest absolute Gasteiger partial charge is 0.227 e. The monoisotopic (exact) mass is 280 g/mol.